The molecule has 0 saturated carbocycles. The molecule has 1 heteroatoms. The van der Waals surface area contributed by atoms with E-state index in [0.717, 1.165) is 5.92 Å². The second-order valence-electron chi connectivity index (χ2n) is 5.09. The fourth-order valence-corrected chi connectivity index (χ4v) is 2.30. The summed E-state index contributed by atoms with van der Waals surface area (Å²) in [4.78, 5) is 0. The fourth-order valence-electron chi connectivity index (χ4n) is 2.30. The molecule has 0 aromatic heterocycles. The Morgan fingerprint density at radius 3 is 2.73 bits per heavy atom. The molecule has 0 aromatic rings. The Kier molecular flexibility index (Phi) is 6.00. The van der Waals surface area contributed by atoms with Crippen molar-refractivity contribution in [3.8, 4) is 0 Å². The molecule has 0 amide bonds. The zero-order valence-corrected chi connectivity index (χ0v) is 10.5. The predicted molar refractivity (Wildman–Crippen MR) is 67.8 cm³/mol. The van der Waals surface area contributed by atoms with Crippen LogP contribution in [0.1, 0.15) is 65.2 Å². The van der Waals surface area contributed by atoms with E-state index in [0.29, 0.717) is 6.04 Å². The van der Waals surface area contributed by atoms with Gasteiger partial charge in [-0.25, -0.2) is 0 Å². The predicted octanol–water partition coefficient (Wildman–Crippen LogP) is 4.03. The van der Waals surface area contributed by atoms with Crippen LogP contribution in [0.3, 0.4) is 0 Å². The number of hydrogen-bond donors (Lipinski definition) is 1. The van der Waals surface area contributed by atoms with E-state index in [4.69, 9.17) is 5.73 Å². The summed E-state index contributed by atoms with van der Waals surface area (Å²) in [6.45, 7) is 4.56. The molecule has 15 heavy (non-hydrogen) atoms. The van der Waals surface area contributed by atoms with Gasteiger partial charge in [-0.2, -0.15) is 0 Å². The van der Waals surface area contributed by atoms with Crippen LogP contribution in [-0.4, -0.2) is 6.04 Å². The van der Waals surface area contributed by atoms with Gasteiger partial charge >= 0.3 is 0 Å². The van der Waals surface area contributed by atoms with E-state index in [-0.39, 0.29) is 0 Å². The Balaban J connectivity index is 2.44. The van der Waals surface area contributed by atoms with E-state index < -0.39 is 0 Å². The molecule has 0 bridgehead atoms. The monoisotopic (exact) mass is 209 g/mol. The molecule has 0 saturated heterocycles. The highest BCUT2D eigenvalue weighted by atomic mass is 14.6. The first-order chi connectivity index (χ1) is 7.24. The van der Waals surface area contributed by atoms with Crippen molar-refractivity contribution in [3.05, 3.63) is 11.6 Å². The molecule has 88 valence electrons. The van der Waals surface area contributed by atoms with E-state index >= 15 is 0 Å². The highest BCUT2D eigenvalue weighted by Crippen LogP contribution is 2.22. The van der Waals surface area contributed by atoms with Crippen molar-refractivity contribution in [3.63, 3.8) is 0 Å². The van der Waals surface area contributed by atoms with Crippen LogP contribution >= 0.6 is 0 Å². The second-order valence-corrected chi connectivity index (χ2v) is 5.09. The molecule has 2 unspecified atom stereocenters. The largest absolute Gasteiger partial charge is 0.324 e. The molecule has 0 heterocycles. The molecule has 0 aromatic carbocycles. The molecule has 1 aliphatic rings. The highest BCUT2D eigenvalue weighted by Gasteiger charge is 2.13. The van der Waals surface area contributed by atoms with Gasteiger partial charge in [0.25, 0.3) is 0 Å². The van der Waals surface area contributed by atoms with E-state index in [2.05, 4.69) is 19.9 Å². The first kappa shape index (κ1) is 12.8. The van der Waals surface area contributed by atoms with Crippen molar-refractivity contribution >= 4 is 0 Å². The van der Waals surface area contributed by atoms with E-state index in [1.165, 1.54) is 56.9 Å². The Bertz CT molecular complexity index is 196. The standard InChI is InChI=1S/C14H27N/c1-3-12(2)11-14(15)13-9-7-5-4-6-8-10-13/h9,12,14H,3-8,10-11,15H2,1-2H3. The van der Waals surface area contributed by atoms with Gasteiger partial charge in [-0.15, -0.1) is 0 Å². The fraction of sp³-hybridized carbons (Fsp3) is 0.857. The van der Waals surface area contributed by atoms with Gasteiger partial charge < -0.3 is 5.73 Å². The maximum absolute atomic E-state index is 6.28. The second kappa shape index (κ2) is 7.05. The lowest BCUT2D eigenvalue weighted by Crippen LogP contribution is -2.25. The van der Waals surface area contributed by atoms with Crippen LogP contribution in [0.25, 0.3) is 0 Å². The molecule has 0 spiro atoms. The smallest absolute Gasteiger partial charge is 0.0256 e. The van der Waals surface area contributed by atoms with Crippen LogP contribution in [0, 0.1) is 5.92 Å². The topological polar surface area (TPSA) is 26.0 Å². The number of nitrogens with two attached hydrogens (primary N) is 1. The Labute approximate surface area is 95.1 Å². The Morgan fingerprint density at radius 1 is 1.27 bits per heavy atom. The molecule has 1 aliphatic carbocycles. The van der Waals surface area contributed by atoms with Crippen LogP contribution in [-0.2, 0) is 0 Å². The molecule has 0 radical (unpaired) electrons. The summed E-state index contributed by atoms with van der Waals surface area (Å²) in [6.07, 6.45) is 12.9. The van der Waals surface area contributed by atoms with Gasteiger partial charge in [-0.1, -0.05) is 44.8 Å². The number of rotatable bonds is 4. The van der Waals surface area contributed by atoms with E-state index in [1.807, 2.05) is 0 Å². The van der Waals surface area contributed by atoms with Crippen molar-refractivity contribution in [2.24, 2.45) is 11.7 Å². The van der Waals surface area contributed by atoms with Crippen LogP contribution in [0.2, 0.25) is 0 Å². The van der Waals surface area contributed by atoms with Crippen LogP contribution < -0.4 is 5.73 Å². The minimum atomic E-state index is 0.332. The summed E-state index contributed by atoms with van der Waals surface area (Å²) in [5, 5.41) is 0. The quantitative estimate of drug-likeness (QED) is 0.695. The molecule has 0 fully saturated rings. The summed E-state index contributed by atoms with van der Waals surface area (Å²) in [5.74, 6) is 0.770. The van der Waals surface area contributed by atoms with Crippen LogP contribution in [0.15, 0.2) is 11.6 Å². The van der Waals surface area contributed by atoms with Gasteiger partial charge in [0.1, 0.15) is 0 Å². The molecule has 1 nitrogen and oxygen atoms in total. The van der Waals surface area contributed by atoms with E-state index in [1.54, 1.807) is 0 Å². The average molecular weight is 209 g/mol. The van der Waals surface area contributed by atoms with Gasteiger partial charge in [0.05, 0.1) is 0 Å². The minimum absolute atomic E-state index is 0.332. The molecular weight excluding hydrogens is 182 g/mol. The van der Waals surface area contributed by atoms with Gasteiger partial charge in [0, 0.05) is 6.04 Å². The molecule has 2 atom stereocenters. The van der Waals surface area contributed by atoms with Crippen molar-refractivity contribution in [1.82, 2.24) is 0 Å². The van der Waals surface area contributed by atoms with Crippen LogP contribution in [0.5, 0.6) is 0 Å². The maximum Gasteiger partial charge on any atom is 0.0256 e. The van der Waals surface area contributed by atoms with Crippen molar-refractivity contribution < 1.29 is 0 Å². The Hall–Kier alpha value is -0.300. The van der Waals surface area contributed by atoms with Crippen molar-refractivity contribution in [2.75, 3.05) is 0 Å². The molecular formula is C14H27N. The number of hydrogen-bond acceptors (Lipinski definition) is 1. The summed E-state index contributed by atoms with van der Waals surface area (Å²) < 4.78 is 0. The zero-order valence-electron chi connectivity index (χ0n) is 10.5. The zero-order chi connectivity index (χ0) is 11.1. The third-order valence-electron chi connectivity index (χ3n) is 3.66. The molecule has 1 rings (SSSR count). The first-order valence-corrected chi connectivity index (χ1v) is 6.68. The van der Waals surface area contributed by atoms with E-state index in [9.17, 15) is 0 Å². The first-order valence-electron chi connectivity index (χ1n) is 6.68. The number of allylic oxidation sites excluding steroid dienone is 1. The Morgan fingerprint density at radius 2 is 2.00 bits per heavy atom. The normalized spacial score (nSPS) is 22.5. The van der Waals surface area contributed by atoms with Crippen LogP contribution in [0.4, 0.5) is 0 Å². The minimum Gasteiger partial charge on any atom is -0.324 e. The maximum atomic E-state index is 6.28. The van der Waals surface area contributed by atoms with Gasteiger partial charge in [-0.3, -0.25) is 0 Å². The van der Waals surface area contributed by atoms with Crippen molar-refractivity contribution in [2.45, 2.75) is 71.3 Å². The summed E-state index contributed by atoms with van der Waals surface area (Å²) in [5.41, 5.74) is 7.81. The van der Waals surface area contributed by atoms with Gasteiger partial charge in [0.2, 0.25) is 0 Å². The summed E-state index contributed by atoms with van der Waals surface area (Å²) in [7, 11) is 0. The average Bonchev–Trinajstić information content (AvgIpc) is 2.16. The molecule has 2 N–H and O–H groups in total. The lowest BCUT2D eigenvalue weighted by Gasteiger charge is -2.21. The van der Waals surface area contributed by atoms with Crippen molar-refractivity contribution in [1.29, 1.82) is 0 Å². The third-order valence-corrected chi connectivity index (χ3v) is 3.66. The lowest BCUT2D eigenvalue weighted by molar-refractivity contribution is 0.466. The molecule has 0 aliphatic heterocycles. The summed E-state index contributed by atoms with van der Waals surface area (Å²) in [6, 6.07) is 0.332. The SMILES string of the molecule is CCC(C)CC(N)C1=CCCCCCC1. The van der Waals surface area contributed by atoms with Gasteiger partial charge in [0.15, 0.2) is 0 Å². The highest BCUT2D eigenvalue weighted by molar-refractivity contribution is 5.10. The third kappa shape index (κ3) is 4.83. The van der Waals surface area contributed by atoms with Gasteiger partial charge in [-0.05, 0) is 38.0 Å². The lowest BCUT2D eigenvalue weighted by atomic mass is 9.89. The summed E-state index contributed by atoms with van der Waals surface area (Å²) >= 11 is 0.